The van der Waals surface area contributed by atoms with Gasteiger partial charge in [-0.3, -0.25) is 4.90 Å². The largest absolute Gasteiger partial charge is 0.389 e. The van der Waals surface area contributed by atoms with E-state index in [1.807, 2.05) is 13.0 Å². The minimum absolute atomic E-state index is 0.441. The van der Waals surface area contributed by atoms with Crippen molar-refractivity contribution in [2.45, 2.75) is 33.7 Å². The summed E-state index contributed by atoms with van der Waals surface area (Å²) < 4.78 is 0. The van der Waals surface area contributed by atoms with Gasteiger partial charge < -0.3 is 10.6 Å². The Morgan fingerprint density at radius 3 is 2.35 bits per heavy atom. The second-order valence-corrected chi connectivity index (χ2v) is 6.20. The molecular formula is C15H24N4S. The molecule has 20 heavy (non-hydrogen) atoms. The molecule has 5 heteroatoms. The topological polar surface area (TPSA) is 45.4 Å². The Balaban J connectivity index is 2.27. The van der Waals surface area contributed by atoms with Gasteiger partial charge in [-0.25, -0.2) is 4.98 Å². The molecule has 0 aliphatic carbocycles. The summed E-state index contributed by atoms with van der Waals surface area (Å²) in [7, 11) is 0. The van der Waals surface area contributed by atoms with Gasteiger partial charge in [-0.2, -0.15) is 0 Å². The zero-order valence-electron chi connectivity index (χ0n) is 12.8. The highest BCUT2D eigenvalue weighted by atomic mass is 32.1. The van der Waals surface area contributed by atoms with Gasteiger partial charge in [0.1, 0.15) is 10.8 Å². The van der Waals surface area contributed by atoms with E-state index in [0.717, 1.165) is 48.8 Å². The van der Waals surface area contributed by atoms with E-state index in [-0.39, 0.29) is 0 Å². The molecule has 1 aliphatic rings. The monoisotopic (exact) mass is 292 g/mol. The van der Waals surface area contributed by atoms with Crippen molar-refractivity contribution in [3.05, 3.63) is 22.9 Å². The summed E-state index contributed by atoms with van der Waals surface area (Å²) >= 11 is 5.22. The minimum atomic E-state index is 0.441. The predicted octanol–water partition coefficient (Wildman–Crippen LogP) is 1.86. The number of hydrogen-bond acceptors (Lipinski definition) is 4. The molecule has 1 fully saturated rings. The van der Waals surface area contributed by atoms with Gasteiger partial charge in [0, 0.05) is 37.9 Å². The predicted molar refractivity (Wildman–Crippen MR) is 88.5 cm³/mol. The van der Waals surface area contributed by atoms with Gasteiger partial charge in [-0.15, -0.1) is 0 Å². The molecule has 0 atom stereocenters. The first-order valence-electron chi connectivity index (χ1n) is 7.17. The third-order valence-electron chi connectivity index (χ3n) is 3.92. The first-order valence-corrected chi connectivity index (χ1v) is 7.58. The Kier molecular flexibility index (Phi) is 4.60. The van der Waals surface area contributed by atoms with Crippen LogP contribution in [0.25, 0.3) is 0 Å². The quantitative estimate of drug-likeness (QED) is 0.862. The lowest BCUT2D eigenvalue weighted by atomic mass is 10.1. The molecule has 2 rings (SSSR count). The van der Waals surface area contributed by atoms with Crippen LogP contribution in [0.2, 0.25) is 0 Å². The van der Waals surface area contributed by atoms with Crippen LogP contribution < -0.4 is 10.6 Å². The number of aryl methyl sites for hydroxylation is 2. The molecule has 0 amide bonds. The second kappa shape index (κ2) is 6.06. The maximum atomic E-state index is 5.90. The molecule has 0 saturated carbocycles. The van der Waals surface area contributed by atoms with Crippen molar-refractivity contribution in [2.75, 3.05) is 31.1 Å². The fourth-order valence-electron chi connectivity index (χ4n) is 2.80. The van der Waals surface area contributed by atoms with Crippen LogP contribution in [0.1, 0.15) is 30.7 Å². The number of aromatic nitrogens is 1. The lowest BCUT2D eigenvalue weighted by Gasteiger charge is -2.38. The van der Waals surface area contributed by atoms with Crippen molar-refractivity contribution in [3.8, 4) is 0 Å². The highest BCUT2D eigenvalue weighted by Gasteiger charge is 2.23. The fraction of sp³-hybridized carbons (Fsp3) is 0.600. The Hall–Kier alpha value is -1.20. The smallest absolute Gasteiger partial charge is 0.139 e. The molecule has 1 aromatic rings. The van der Waals surface area contributed by atoms with Gasteiger partial charge >= 0.3 is 0 Å². The second-order valence-electron chi connectivity index (χ2n) is 5.76. The highest BCUT2D eigenvalue weighted by molar-refractivity contribution is 7.80. The molecule has 1 aliphatic heterocycles. The Labute approximate surface area is 127 Å². The third kappa shape index (κ3) is 3.10. The molecule has 2 heterocycles. The molecule has 1 aromatic heterocycles. The van der Waals surface area contributed by atoms with E-state index in [9.17, 15) is 0 Å². The van der Waals surface area contributed by atoms with Crippen molar-refractivity contribution in [1.29, 1.82) is 0 Å². The summed E-state index contributed by atoms with van der Waals surface area (Å²) in [5, 5.41) is 0. The number of nitrogens with two attached hydrogens (primary N) is 1. The van der Waals surface area contributed by atoms with E-state index in [2.05, 4.69) is 35.6 Å². The maximum absolute atomic E-state index is 5.90. The molecule has 0 bridgehead atoms. The Bertz CT molecular complexity index is 505. The van der Waals surface area contributed by atoms with Crippen molar-refractivity contribution < 1.29 is 0 Å². The van der Waals surface area contributed by atoms with Crippen LogP contribution in [0, 0.1) is 13.8 Å². The lowest BCUT2D eigenvalue weighted by Crippen LogP contribution is -2.49. The summed E-state index contributed by atoms with van der Waals surface area (Å²) in [5.74, 6) is 0.957. The normalized spacial score (nSPS) is 16.8. The van der Waals surface area contributed by atoms with Gasteiger partial charge in [0.25, 0.3) is 0 Å². The summed E-state index contributed by atoms with van der Waals surface area (Å²) in [6.07, 6.45) is 0. The molecule has 110 valence electrons. The van der Waals surface area contributed by atoms with Crippen LogP contribution >= 0.6 is 12.2 Å². The number of piperazine rings is 1. The van der Waals surface area contributed by atoms with Crippen molar-refractivity contribution in [2.24, 2.45) is 5.73 Å². The van der Waals surface area contributed by atoms with E-state index in [1.165, 1.54) is 0 Å². The number of rotatable bonds is 3. The summed E-state index contributed by atoms with van der Waals surface area (Å²) in [6.45, 7) is 12.6. The standard InChI is InChI=1S/C15H24N4S/c1-10(2)18-5-7-19(8-6-18)15-13(14(16)20)11(3)9-12(4)17-15/h9-10H,5-8H2,1-4H3,(H2,16,20). The lowest BCUT2D eigenvalue weighted by molar-refractivity contribution is 0.209. The molecular weight excluding hydrogens is 268 g/mol. The van der Waals surface area contributed by atoms with E-state index < -0.39 is 0 Å². The van der Waals surface area contributed by atoms with Crippen molar-refractivity contribution >= 4 is 23.0 Å². The molecule has 2 N–H and O–H groups in total. The number of anilines is 1. The van der Waals surface area contributed by atoms with E-state index in [4.69, 9.17) is 18.0 Å². The minimum Gasteiger partial charge on any atom is -0.389 e. The van der Waals surface area contributed by atoms with Gasteiger partial charge in [-0.1, -0.05) is 12.2 Å². The molecule has 0 aromatic carbocycles. The van der Waals surface area contributed by atoms with E-state index >= 15 is 0 Å². The molecule has 0 spiro atoms. The molecule has 0 unspecified atom stereocenters. The van der Waals surface area contributed by atoms with Gasteiger partial charge in [0.05, 0.1) is 5.56 Å². The Morgan fingerprint density at radius 2 is 1.85 bits per heavy atom. The first-order chi connectivity index (χ1) is 9.40. The summed E-state index contributed by atoms with van der Waals surface area (Å²) in [4.78, 5) is 9.93. The average Bonchev–Trinajstić information content (AvgIpc) is 2.37. The maximum Gasteiger partial charge on any atom is 0.139 e. The van der Waals surface area contributed by atoms with Gasteiger partial charge in [0.15, 0.2) is 0 Å². The molecule has 4 nitrogen and oxygen atoms in total. The average molecular weight is 292 g/mol. The van der Waals surface area contributed by atoms with Crippen LogP contribution in [0.4, 0.5) is 5.82 Å². The Morgan fingerprint density at radius 1 is 1.25 bits per heavy atom. The van der Waals surface area contributed by atoms with E-state index in [0.29, 0.717) is 11.0 Å². The zero-order chi connectivity index (χ0) is 14.9. The number of nitrogens with zero attached hydrogens (tertiary/aromatic N) is 3. The van der Waals surface area contributed by atoms with Gasteiger partial charge in [0.2, 0.25) is 0 Å². The number of hydrogen-bond donors (Lipinski definition) is 1. The number of thiocarbonyl (C=S) groups is 1. The summed E-state index contributed by atoms with van der Waals surface area (Å²) in [5.41, 5.74) is 8.97. The van der Waals surface area contributed by atoms with Crippen molar-refractivity contribution in [3.63, 3.8) is 0 Å². The summed E-state index contributed by atoms with van der Waals surface area (Å²) in [6, 6.07) is 2.64. The SMILES string of the molecule is Cc1cc(C)c(C(N)=S)c(N2CCN(C(C)C)CC2)n1. The molecule has 0 radical (unpaired) electrons. The fourth-order valence-corrected chi connectivity index (χ4v) is 3.05. The van der Waals surface area contributed by atoms with Crippen LogP contribution in [-0.2, 0) is 0 Å². The van der Waals surface area contributed by atoms with Crippen LogP contribution in [0.15, 0.2) is 6.07 Å². The molecule has 1 saturated heterocycles. The highest BCUT2D eigenvalue weighted by Crippen LogP contribution is 2.24. The van der Waals surface area contributed by atoms with Crippen LogP contribution in [0.5, 0.6) is 0 Å². The van der Waals surface area contributed by atoms with Gasteiger partial charge in [-0.05, 0) is 39.3 Å². The third-order valence-corrected chi connectivity index (χ3v) is 4.12. The first kappa shape index (κ1) is 15.2. The van der Waals surface area contributed by atoms with Crippen LogP contribution in [0.3, 0.4) is 0 Å². The van der Waals surface area contributed by atoms with Crippen LogP contribution in [-0.4, -0.2) is 47.1 Å². The number of pyridine rings is 1. The zero-order valence-corrected chi connectivity index (χ0v) is 13.6. The van der Waals surface area contributed by atoms with E-state index in [1.54, 1.807) is 0 Å². The van der Waals surface area contributed by atoms with Crippen molar-refractivity contribution in [1.82, 2.24) is 9.88 Å².